The van der Waals surface area contributed by atoms with Gasteiger partial charge in [-0.2, -0.15) is 13.1 Å². The van der Waals surface area contributed by atoms with Crippen molar-refractivity contribution in [1.82, 2.24) is 4.72 Å². The Kier molecular flexibility index (Phi) is 5.37. The van der Waals surface area contributed by atoms with E-state index in [-0.39, 0.29) is 18.0 Å². The number of hydrogen-bond acceptors (Lipinski definition) is 5. The smallest absolute Gasteiger partial charge is 0.299 e. The number of rotatable bonds is 6. The van der Waals surface area contributed by atoms with Crippen LogP contribution < -0.4 is 18.5 Å². The molecule has 0 saturated carbocycles. The molecule has 10 heteroatoms. The standard InChI is InChI=1S/C13H21N3O5S2/c1-3-14-23(19,20)15-11-6-7-13(21-2)12(10-11)16-8-4-5-9-22(16,17)18/h6-7,10,14-15H,3-5,8-9H2,1-2H3. The lowest BCUT2D eigenvalue weighted by Crippen LogP contribution is -2.38. The van der Waals surface area contributed by atoms with E-state index in [2.05, 4.69) is 9.44 Å². The van der Waals surface area contributed by atoms with Gasteiger partial charge in [-0.25, -0.2) is 8.42 Å². The van der Waals surface area contributed by atoms with Crippen LogP contribution in [0.3, 0.4) is 0 Å². The van der Waals surface area contributed by atoms with Crippen LogP contribution in [0.25, 0.3) is 0 Å². The van der Waals surface area contributed by atoms with Gasteiger partial charge in [-0.1, -0.05) is 6.92 Å². The van der Waals surface area contributed by atoms with Crippen LogP contribution in [0.2, 0.25) is 0 Å². The van der Waals surface area contributed by atoms with Gasteiger partial charge in [0.05, 0.1) is 24.2 Å². The van der Waals surface area contributed by atoms with Crippen molar-refractivity contribution in [3.8, 4) is 5.75 Å². The number of nitrogens with zero attached hydrogens (tertiary/aromatic N) is 1. The van der Waals surface area contributed by atoms with Crippen molar-refractivity contribution in [2.45, 2.75) is 19.8 Å². The maximum absolute atomic E-state index is 12.3. The summed E-state index contributed by atoms with van der Waals surface area (Å²) in [6.07, 6.45) is 1.36. The van der Waals surface area contributed by atoms with Gasteiger partial charge < -0.3 is 4.74 Å². The van der Waals surface area contributed by atoms with E-state index in [1.807, 2.05) is 0 Å². The molecule has 0 atom stereocenters. The summed E-state index contributed by atoms with van der Waals surface area (Å²) in [5.74, 6) is 0.450. The van der Waals surface area contributed by atoms with Gasteiger partial charge in [0.25, 0.3) is 10.2 Å². The minimum absolute atomic E-state index is 0.0729. The number of methoxy groups -OCH3 is 1. The largest absolute Gasteiger partial charge is 0.495 e. The van der Waals surface area contributed by atoms with Crippen LogP contribution in [0.5, 0.6) is 5.75 Å². The summed E-state index contributed by atoms with van der Waals surface area (Å²) in [5.41, 5.74) is 0.603. The Bertz CT molecular complexity index is 762. The lowest BCUT2D eigenvalue weighted by atomic mass is 10.2. The first-order chi connectivity index (χ1) is 10.8. The van der Waals surface area contributed by atoms with E-state index in [4.69, 9.17) is 4.74 Å². The molecule has 1 aromatic rings. The van der Waals surface area contributed by atoms with E-state index in [1.165, 1.54) is 23.5 Å². The van der Waals surface area contributed by atoms with Crippen molar-refractivity contribution in [2.24, 2.45) is 0 Å². The fourth-order valence-electron chi connectivity index (χ4n) is 2.39. The summed E-state index contributed by atoms with van der Waals surface area (Å²) in [4.78, 5) is 0. The summed E-state index contributed by atoms with van der Waals surface area (Å²) in [7, 11) is -5.67. The maximum atomic E-state index is 12.3. The highest BCUT2D eigenvalue weighted by Gasteiger charge is 2.28. The monoisotopic (exact) mass is 363 g/mol. The van der Waals surface area contributed by atoms with Crippen LogP contribution in [-0.4, -0.2) is 42.8 Å². The minimum Gasteiger partial charge on any atom is -0.495 e. The summed E-state index contributed by atoms with van der Waals surface area (Å²) in [6.45, 7) is 2.26. The Morgan fingerprint density at radius 3 is 2.65 bits per heavy atom. The number of benzene rings is 1. The van der Waals surface area contributed by atoms with Crippen LogP contribution in [0, 0.1) is 0 Å². The highest BCUT2D eigenvalue weighted by Crippen LogP contribution is 2.35. The fraction of sp³-hybridized carbons (Fsp3) is 0.538. The van der Waals surface area contributed by atoms with Gasteiger partial charge in [-0.3, -0.25) is 9.03 Å². The molecule has 1 saturated heterocycles. The molecular formula is C13H21N3O5S2. The Balaban J connectivity index is 2.40. The van der Waals surface area contributed by atoms with E-state index in [0.717, 1.165) is 6.42 Å². The Labute approximate surface area is 137 Å². The van der Waals surface area contributed by atoms with Crippen LogP contribution in [0.4, 0.5) is 11.4 Å². The molecule has 1 aromatic carbocycles. The van der Waals surface area contributed by atoms with Gasteiger partial charge in [0.15, 0.2) is 0 Å². The predicted octanol–water partition coefficient (Wildman–Crippen LogP) is 0.891. The second-order valence-electron chi connectivity index (χ2n) is 5.09. The molecule has 0 bridgehead atoms. The summed E-state index contributed by atoms with van der Waals surface area (Å²) in [6, 6.07) is 4.54. The molecule has 8 nitrogen and oxygen atoms in total. The average Bonchev–Trinajstić information content (AvgIpc) is 2.46. The van der Waals surface area contributed by atoms with Crippen LogP contribution >= 0.6 is 0 Å². The quantitative estimate of drug-likeness (QED) is 0.781. The second kappa shape index (κ2) is 6.93. The molecule has 1 aliphatic heterocycles. The van der Waals surface area contributed by atoms with Gasteiger partial charge >= 0.3 is 0 Å². The second-order valence-corrected chi connectivity index (χ2v) is 8.60. The number of sulfonamides is 1. The first kappa shape index (κ1) is 17.8. The normalized spacial score (nSPS) is 17.7. The van der Waals surface area contributed by atoms with E-state index in [1.54, 1.807) is 13.0 Å². The van der Waals surface area contributed by atoms with Crippen LogP contribution in [-0.2, 0) is 20.2 Å². The van der Waals surface area contributed by atoms with Crippen LogP contribution in [0.1, 0.15) is 19.8 Å². The first-order valence-corrected chi connectivity index (χ1v) is 10.3. The third-order valence-electron chi connectivity index (χ3n) is 3.38. The van der Waals surface area contributed by atoms with Gasteiger partial charge in [-0.15, -0.1) is 0 Å². The molecule has 0 spiro atoms. The van der Waals surface area contributed by atoms with E-state index in [9.17, 15) is 16.8 Å². The summed E-state index contributed by atoms with van der Waals surface area (Å²) in [5, 5.41) is 0. The van der Waals surface area contributed by atoms with Gasteiger partial charge in [0, 0.05) is 13.1 Å². The van der Waals surface area contributed by atoms with E-state index >= 15 is 0 Å². The van der Waals surface area contributed by atoms with Gasteiger partial charge in [-0.05, 0) is 31.0 Å². The molecule has 0 unspecified atom stereocenters. The maximum Gasteiger partial charge on any atom is 0.299 e. The number of anilines is 2. The number of ether oxygens (including phenoxy) is 1. The first-order valence-electron chi connectivity index (χ1n) is 7.25. The molecule has 0 aromatic heterocycles. The molecule has 1 fully saturated rings. The molecule has 130 valence electrons. The van der Waals surface area contributed by atoms with Crippen molar-refractivity contribution in [3.63, 3.8) is 0 Å². The van der Waals surface area contributed by atoms with Gasteiger partial charge in [0.1, 0.15) is 5.75 Å². The molecule has 1 heterocycles. The van der Waals surface area contributed by atoms with Crippen molar-refractivity contribution >= 4 is 31.6 Å². The Morgan fingerprint density at radius 2 is 2.04 bits per heavy atom. The predicted molar refractivity (Wildman–Crippen MR) is 89.6 cm³/mol. The van der Waals surface area contributed by atoms with Gasteiger partial charge in [0.2, 0.25) is 10.0 Å². The van der Waals surface area contributed by atoms with Crippen molar-refractivity contribution < 1.29 is 21.6 Å². The summed E-state index contributed by atoms with van der Waals surface area (Å²) < 4.78 is 59.3. The highest BCUT2D eigenvalue weighted by atomic mass is 32.2. The molecule has 2 rings (SSSR count). The van der Waals surface area contributed by atoms with Crippen molar-refractivity contribution in [2.75, 3.05) is 35.0 Å². The lowest BCUT2D eigenvalue weighted by Gasteiger charge is -2.29. The van der Waals surface area contributed by atoms with Crippen molar-refractivity contribution in [1.29, 1.82) is 0 Å². The minimum atomic E-state index is -3.69. The highest BCUT2D eigenvalue weighted by molar-refractivity contribution is 7.92. The zero-order valence-corrected chi connectivity index (χ0v) is 14.7. The SMILES string of the molecule is CCNS(=O)(=O)Nc1ccc(OC)c(N2CCCCS2(=O)=O)c1. The Morgan fingerprint density at radius 1 is 1.30 bits per heavy atom. The molecule has 2 N–H and O–H groups in total. The van der Waals surface area contributed by atoms with E-state index < -0.39 is 20.2 Å². The average molecular weight is 363 g/mol. The topological polar surface area (TPSA) is 105 Å². The van der Waals surface area contributed by atoms with E-state index in [0.29, 0.717) is 24.4 Å². The molecular weight excluding hydrogens is 342 g/mol. The Hall–Kier alpha value is -1.52. The fourth-order valence-corrected chi connectivity index (χ4v) is 4.92. The molecule has 23 heavy (non-hydrogen) atoms. The molecule has 0 amide bonds. The summed E-state index contributed by atoms with van der Waals surface area (Å²) >= 11 is 0. The zero-order chi connectivity index (χ0) is 17.1. The third-order valence-corrected chi connectivity index (χ3v) is 6.41. The van der Waals surface area contributed by atoms with Crippen LogP contribution in [0.15, 0.2) is 18.2 Å². The third kappa shape index (κ3) is 4.27. The molecule has 1 aliphatic rings. The zero-order valence-electron chi connectivity index (χ0n) is 13.1. The number of nitrogens with one attached hydrogen (secondary N) is 2. The lowest BCUT2D eigenvalue weighted by molar-refractivity contribution is 0.415. The van der Waals surface area contributed by atoms with Crippen molar-refractivity contribution in [3.05, 3.63) is 18.2 Å². The number of hydrogen-bond donors (Lipinski definition) is 2. The molecule has 0 radical (unpaired) electrons. The molecule has 0 aliphatic carbocycles.